The Bertz CT molecular complexity index is 419. The third-order valence-electron chi connectivity index (χ3n) is 3.27. The summed E-state index contributed by atoms with van der Waals surface area (Å²) < 4.78 is 6.71. The second kappa shape index (κ2) is 7.00. The van der Waals surface area contributed by atoms with Crippen LogP contribution in [0.2, 0.25) is 0 Å². The number of halogens is 1. The predicted octanol–water partition coefficient (Wildman–Crippen LogP) is 3.40. The summed E-state index contributed by atoms with van der Waals surface area (Å²) in [5.41, 5.74) is 4.74. The van der Waals surface area contributed by atoms with Gasteiger partial charge in [0.15, 0.2) is 0 Å². The third-order valence-corrected chi connectivity index (χ3v) is 4.46. The zero-order valence-electron chi connectivity index (χ0n) is 11.9. The van der Waals surface area contributed by atoms with Gasteiger partial charge in [0.05, 0.1) is 12.8 Å². The average molecular weight is 315 g/mol. The Morgan fingerprint density at radius 1 is 1.06 bits per heavy atom. The lowest BCUT2D eigenvalue weighted by Gasteiger charge is -2.20. The first-order valence-electron chi connectivity index (χ1n) is 6.26. The Labute approximate surface area is 118 Å². The molecule has 0 fully saturated rings. The van der Waals surface area contributed by atoms with E-state index in [9.17, 15) is 0 Å². The predicted molar refractivity (Wildman–Crippen MR) is 81.9 cm³/mol. The number of hydrogen-bond donors (Lipinski definition) is 2. The highest BCUT2D eigenvalue weighted by molar-refractivity contribution is 9.10. The van der Waals surface area contributed by atoms with Gasteiger partial charge in [0.25, 0.3) is 0 Å². The minimum absolute atomic E-state index is 0.937. The summed E-state index contributed by atoms with van der Waals surface area (Å²) in [6.45, 7) is 8.27. The van der Waals surface area contributed by atoms with Crippen LogP contribution in [-0.4, -0.2) is 27.2 Å². The minimum Gasteiger partial charge on any atom is -0.494 e. The fourth-order valence-electron chi connectivity index (χ4n) is 2.03. The number of nitrogens with one attached hydrogen (secondary N) is 2. The van der Waals surface area contributed by atoms with Crippen molar-refractivity contribution in [1.29, 1.82) is 0 Å². The van der Waals surface area contributed by atoms with E-state index >= 15 is 0 Å². The van der Waals surface area contributed by atoms with Crippen LogP contribution in [0.25, 0.3) is 0 Å². The van der Waals surface area contributed by atoms with E-state index in [1.807, 2.05) is 7.05 Å². The van der Waals surface area contributed by atoms with Gasteiger partial charge in [-0.3, -0.25) is 0 Å². The molecule has 0 spiro atoms. The summed E-state index contributed by atoms with van der Waals surface area (Å²) in [6.07, 6.45) is 1.09. The molecule has 3 nitrogen and oxygen atoms in total. The van der Waals surface area contributed by atoms with Crippen LogP contribution in [0.4, 0.5) is 5.69 Å². The standard InChI is InChI=1S/C14H23BrN2O/c1-9-10(2)14(18-5)13(11(3)12(9)15)17-8-6-7-16-4/h16-17H,6-8H2,1-5H3. The van der Waals surface area contributed by atoms with Crippen LogP contribution >= 0.6 is 15.9 Å². The molecular formula is C14H23BrN2O. The van der Waals surface area contributed by atoms with Gasteiger partial charge in [0.2, 0.25) is 0 Å². The lowest BCUT2D eigenvalue weighted by molar-refractivity contribution is 0.412. The maximum Gasteiger partial charge on any atom is 0.145 e. The first-order chi connectivity index (χ1) is 8.54. The normalized spacial score (nSPS) is 10.6. The fourth-order valence-corrected chi connectivity index (χ4v) is 2.53. The molecule has 1 aromatic rings. The maximum absolute atomic E-state index is 5.55. The molecule has 0 saturated carbocycles. The van der Waals surface area contributed by atoms with Crippen molar-refractivity contribution in [3.63, 3.8) is 0 Å². The third kappa shape index (κ3) is 3.18. The highest BCUT2D eigenvalue weighted by Gasteiger charge is 2.16. The van der Waals surface area contributed by atoms with Gasteiger partial charge in [0.1, 0.15) is 5.75 Å². The molecule has 0 aliphatic rings. The molecule has 0 aromatic heterocycles. The first-order valence-corrected chi connectivity index (χ1v) is 7.05. The van der Waals surface area contributed by atoms with E-state index in [2.05, 4.69) is 47.3 Å². The smallest absolute Gasteiger partial charge is 0.145 e. The second-order valence-electron chi connectivity index (χ2n) is 4.48. The number of rotatable bonds is 6. The van der Waals surface area contributed by atoms with E-state index in [4.69, 9.17) is 4.74 Å². The van der Waals surface area contributed by atoms with Crippen molar-refractivity contribution >= 4 is 21.6 Å². The molecule has 1 rings (SSSR count). The first kappa shape index (κ1) is 15.3. The van der Waals surface area contributed by atoms with Crippen LogP contribution in [0.5, 0.6) is 5.75 Å². The van der Waals surface area contributed by atoms with E-state index < -0.39 is 0 Å². The van der Waals surface area contributed by atoms with Gasteiger partial charge in [-0.2, -0.15) is 0 Å². The van der Waals surface area contributed by atoms with Crippen molar-refractivity contribution in [2.75, 3.05) is 32.6 Å². The van der Waals surface area contributed by atoms with Crippen molar-refractivity contribution in [1.82, 2.24) is 5.32 Å². The van der Waals surface area contributed by atoms with Crippen molar-refractivity contribution in [3.05, 3.63) is 21.2 Å². The topological polar surface area (TPSA) is 33.3 Å². The molecule has 0 heterocycles. The van der Waals surface area contributed by atoms with Gasteiger partial charge >= 0.3 is 0 Å². The molecule has 4 heteroatoms. The molecule has 0 aliphatic carbocycles. The van der Waals surface area contributed by atoms with Gasteiger partial charge in [-0.1, -0.05) is 15.9 Å². The molecule has 102 valence electrons. The number of ether oxygens (including phenoxy) is 1. The quantitative estimate of drug-likeness (QED) is 0.789. The highest BCUT2D eigenvalue weighted by Crippen LogP contribution is 2.39. The molecule has 1 aromatic carbocycles. The van der Waals surface area contributed by atoms with Crippen LogP contribution in [0.15, 0.2) is 4.47 Å². The van der Waals surface area contributed by atoms with E-state index in [-0.39, 0.29) is 0 Å². The zero-order chi connectivity index (χ0) is 13.7. The lowest BCUT2D eigenvalue weighted by atomic mass is 10.0. The maximum atomic E-state index is 5.55. The van der Waals surface area contributed by atoms with Crippen LogP contribution in [0.3, 0.4) is 0 Å². The molecule has 0 bridgehead atoms. The van der Waals surface area contributed by atoms with E-state index in [1.165, 1.54) is 16.7 Å². The Balaban J connectivity index is 3.01. The number of anilines is 1. The largest absolute Gasteiger partial charge is 0.494 e. The molecule has 0 saturated heterocycles. The Hall–Kier alpha value is -0.740. The van der Waals surface area contributed by atoms with Crippen LogP contribution in [0.1, 0.15) is 23.1 Å². The van der Waals surface area contributed by atoms with Gasteiger partial charge in [0, 0.05) is 11.0 Å². The summed E-state index contributed by atoms with van der Waals surface area (Å²) in [5, 5.41) is 6.63. The monoisotopic (exact) mass is 314 g/mol. The minimum atomic E-state index is 0.937. The van der Waals surface area contributed by atoms with Gasteiger partial charge in [-0.25, -0.2) is 0 Å². The fraction of sp³-hybridized carbons (Fsp3) is 0.571. The summed E-state index contributed by atoms with van der Waals surface area (Å²) >= 11 is 3.66. The lowest BCUT2D eigenvalue weighted by Crippen LogP contribution is -2.14. The van der Waals surface area contributed by atoms with Crippen molar-refractivity contribution in [2.24, 2.45) is 0 Å². The van der Waals surface area contributed by atoms with E-state index in [0.717, 1.165) is 35.4 Å². The molecule has 0 aliphatic heterocycles. The average Bonchev–Trinajstić information content (AvgIpc) is 2.38. The van der Waals surface area contributed by atoms with E-state index in [0.29, 0.717) is 0 Å². The number of benzene rings is 1. The van der Waals surface area contributed by atoms with Gasteiger partial charge < -0.3 is 15.4 Å². The molecule has 0 radical (unpaired) electrons. The van der Waals surface area contributed by atoms with Crippen LogP contribution < -0.4 is 15.4 Å². The number of methoxy groups -OCH3 is 1. The SMILES string of the molecule is CNCCCNc1c(C)c(Br)c(C)c(C)c1OC. The van der Waals surface area contributed by atoms with Crippen molar-refractivity contribution in [3.8, 4) is 5.75 Å². The van der Waals surface area contributed by atoms with Crippen molar-refractivity contribution in [2.45, 2.75) is 27.2 Å². The van der Waals surface area contributed by atoms with Crippen LogP contribution in [0, 0.1) is 20.8 Å². The summed E-state index contributed by atoms with van der Waals surface area (Å²) in [4.78, 5) is 0. The number of hydrogen-bond acceptors (Lipinski definition) is 3. The second-order valence-corrected chi connectivity index (χ2v) is 5.27. The van der Waals surface area contributed by atoms with Crippen molar-refractivity contribution < 1.29 is 4.74 Å². The van der Waals surface area contributed by atoms with Crippen LogP contribution in [-0.2, 0) is 0 Å². The molecule has 0 atom stereocenters. The molecular weight excluding hydrogens is 292 g/mol. The van der Waals surface area contributed by atoms with Gasteiger partial charge in [-0.05, 0) is 57.5 Å². The Morgan fingerprint density at radius 3 is 2.28 bits per heavy atom. The molecule has 18 heavy (non-hydrogen) atoms. The summed E-state index contributed by atoms with van der Waals surface area (Å²) in [7, 11) is 3.70. The zero-order valence-corrected chi connectivity index (χ0v) is 13.5. The van der Waals surface area contributed by atoms with Gasteiger partial charge in [-0.15, -0.1) is 0 Å². The Morgan fingerprint density at radius 2 is 1.72 bits per heavy atom. The summed E-state index contributed by atoms with van der Waals surface area (Å²) in [5.74, 6) is 0.956. The highest BCUT2D eigenvalue weighted by atomic mass is 79.9. The Kier molecular flexibility index (Phi) is 5.96. The summed E-state index contributed by atoms with van der Waals surface area (Å²) in [6, 6.07) is 0. The molecule has 2 N–H and O–H groups in total. The van der Waals surface area contributed by atoms with E-state index in [1.54, 1.807) is 7.11 Å². The molecule has 0 unspecified atom stereocenters. The molecule has 0 amide bonds.